The molecule has 6 nitrogen and oxygen atoms in total. The molecule has 1 aliphatic rings. The van der Waals surface area contributed by atoms with Gasteiger partial charge in [0.25, 0.3) is 5.91 Å². The molecule has 1 N–H and O–H groups in total. The van der Waals surface area contributed by atoms with Crippen LogP contribution < -0.4 is 5.32 Å². The van der Waals surface area contributed by atoms with Crippen LogP contribution in [0.25, 0.3) is 6.08 Å². The first-order chi connectivity index (χ1) is 13.1. The first kappa shape index (κ1) is 20.7. The fourth-order valence-corrected chi connectivity index (χ4v) is 2.89. The molecule has 1 aromatic carbocycles. The zero-order chi connectivity index (χ0) is 19.3. The highest BCUT2D eigenvalue weighted by Gasteiger charge is 2.16. The van der Waals surface area contributed by atoms with Crippen molar-refractivity contribution in [3.63, 3.8) is 0 Å². The molecule has 146 valence electrons. The van der Waals surface area contributed by atoms with Crippen LogP contribution in [0.4, 0.5) is 0 Å². The lowest BCUT2D eigenvalue weighted by Gasteiger charge is -2.24. The van der Waals surface area contributed by atoms with Crippen LogP contribution in [0.1, 0.15) is 44.1 Å². The van der Waals surface area contributed by atoms with Crippen molar-refractivity contribution in [2.24, 2.45) is 0 Å². The molecular weight excluding hydrogens is 344 g/mol. The summed E-state index contributed by atoms with van der Waals surface area (Å²) in [6.07, 6.45) is 8.68. The second-order valence-electron chi connectivity index (χ2n) is 6.59. The molecular formula is C21H28N2O4. The van der Waals surface area contributed by atoms with Crippen molar-refractivity contribution in [3.8, 4) is 0 Å². The van der Waals surface area contributed by atoms with Gasteiger partial charge in [0.2, 0.25) is 5.91 Å². The Kier molecular flexibility index (Phi) is 9.10. The summed E-state index contributed by atoms with van der Waals surface area (Å²) in [4.78, 5) is 37.4. The molecule has 0 saturated carbocycles. The molecule has 1 saturated heterocycles. The Hall–Kier alpha value is -2.63. The van der Waals surface area contributed by atoms with Gasteiger partial charge in [-0.25, -0.2) is 0 Å². The predicted molar refractivity (Wildman–Crippen MR) is 104 cm³/mol. The Morgan fingerprint density at radius 1 is 1.00 bits per heavy atom. The number of hydrogen-bond donors (Lipinski definition) is 1. The number of likely N-dealkylation sites (tertiary alicyclic amines) is 1. The number of amides is 2. The topological polar surface area (TPSA) is 75.7 Å². The molecule has 1 aromatic rings. The summed E-state index contributed by atoms with van der Waals surface area (Å²) >= 11 is 0. The molecule has 2 rings (SSSR count). The van der Waals surface area contributed by atoms with E-state index >= 15 is 0 Å². The van der Waals surface area contributed by atoms with Crippen LogP contribution in [0, 0.1) is 0 Å². The third kappa shape index (κ3) is 8.53. The van der Waals surface area contributed by atoms with Crippen molar-refractivity contribution in [3.05, 3.63) is 42.0 Å². The number of benzene rings is 1. The molecule has 0 bridgehead atoms. The van der Waals surface area contributed by atoms with E-state index in [0.717, 1.165) is 44.3 Å². The lowest BCUT2D eigenvalue weighted by atomic mass is 10.1. The molecule has 0 aliphatic carbocycles. The van der Waals surface area contributed by atoms with Gasteiger partial charge in [-0.2, -0.15) is 0 Å². The highest BCUT2D eigenvalue weighted by molar-refractivity contribution is 5.91. The molecule has 0 unspecified atom stereocenters. The second kappa shape index (κ2) is 11.9. The molecule has 0 atom stereocenters. The van der Waals surface area contributed by atoms with E-state index in [1.54, 1.807) is 11.0 Å². The zero-order valence-electron chi connectivity index (χ0n) is 15.7. The maximum Gasteiger partial charge on any atom is 0.308 e. The number of esters is 1. The SMILES string of the molecule is O=C(/C=C/c1ccccc1)NCCC(=O)OCC(=O)N1CCCCCCC1. The van der Waals surface area contributed by atoms with Crippen molar-refractivity contribution in [1.29, 1.82) is 0 Å². The van der Waals surface area contributed by atoms with Crippen molar-refractivity contribution >= 4 is 23.9 Å². The van der Waals surface area contributed by atoms with E-state index in [-0.39, 0.29) is 31.4 Å². The van der Waals surface area contributed by atoms with Gasteiger partial charge in [-0.3, -0.25) is 14.4 Å². The van der Waals surface area contributed by atoms with Gasteiger partial charge in [0, 0.05) is 25.7 Å². The van der Waals surface area contributed by atoms with Crippen LogP contribution in [0.15, 0.2) is 36.4 Å². The minimum Gasteiger partial charge on any atom is -0.456 e. The highest BCUT2D eigenvalue weighted by atomic mass is 16.5. The van der Waals surface area contributed by atoms with Crippen LogP contribution in [-0.2, 0) is 19.1 Å². The summed E-state index contributed by atoms with van der Waals surface area (Å²) in [6, 6.07) is 9.47. The highest BCUT2D eigenvalue weighted by Crippen LogP contribution is 2.10. The lowest BCUT2D eigenvalue weighted by molar-refractivity contribution is -0.152. The van der Waals surface area contributed by atoms with Gasteiger partial charge >= 0.3 is 5.97 Å². The Balaban J connectivity index is 1.60. The fourth-order valence-electron chi connectivity index (χ4n) is 2.89. The monoisotopic (exact) mass is 372 g/mol. The van der Waals surface area contributed by atoms with Crippen LogP contribution in [0.5, 0.6) is 0 Å². The third-order valence-corrected chi connectivity index (χ3v) is 4.42. The average molecular weight is 372 g/mol. The number of carbonyl (C=O) groups excluding carboxylic acids is 3. The molecule has 1 heterocycles. The summed E-state index contributed by atoms with van der Waals surface area (Å²) in [5.74, 6) is -0.897. The maximum absolute atomic E-state index is 12.1. The molecule has 0 spiro atoms. The number of nitrogens with one attached hydrogen (secondary N) is 1. The van der Waals surface area contributed by atoms with Gasteiger partial charge < -0.3 is 15.0 Å². The van der Waals surface area contributed by atoms with Gasteiger partial charge in [0.1, 0.15) is 0 Å². The van der Waals surface area contributed by atoms with Gasteiger partial charge in [-0.1, -0.05) is 49.6 Å². The first-order valence-corrected chi connectivity index (χ1v) is 9.59. The maximum atomic E-state index is 12.1. The molecule has 0 radical (unpaired) electrons. The van der Waals surface area contributed by atoms with Gasteiger partial charge in [0.15, 0.2) is 6.61 Å². The van der Waals surface area contributed by atoms with Crippen LogP contribution in [0.2, 0.25) is 0 Å². The van der Waals surface area contributed by atoms with Crippen molar-refractivity contribution in [2.75, 3.05) is 26.2 Å². The number of carbonyl (C=O) groups is 3. The van der Waals surface area contributed by atoms with Crippen LogP contribution in [0.3, 0.4) is 0 Å². The summed E-state index contributed by atoms with van der Waals surface area (Å²) in [5, 5.41) is 2.63. The quantitative estimate of drug-likeness (QED) is 0.589. The summed E-state index contributed by atoms with van der Waals surface area (Å²) in [5.41, 5.74) is 0.926. The minimum atomic E-state index is -0.484. The van der Waals surface area contributed by atoms with E-state index in [2.05, 4.69) is 5.32 Å². The average Bonchev–Trinajstić information content (AvgIpc) is 2.65. The summed E-state index contributed by atoms with van der Waals surface area (Å²) in [6.45, 7) is 1.43. The van der Waals surface area contributed by atoms with E-state index < -0.39 is 5.97 Å². The number of nitrogens with zero attached hydrogens (tertiary/aromatic N) is 1. The zero-order valence-corrected chi connectivity index (χ0v) is 15.7. The Bertz CT molecular complexity index is 635. The van der Waals surface area contributed by atoms with Crippen LogP contribution >= 0.6 is 0 Å². The van der Waals surface area contributed by atoms with Crippen molar-refractivity contribution < 1.29 is 19.1 Å². The molecule has 6 heteroatoms. The van der Waals surface area contributed by atoms with Crippen molar-refractivity contribution in [2.45, 2.75) is 38.5 Å². The van der Waals surface area contributed by atoms with Gasteiger partial charge in [-0.05, 0) is 24.5 Å². The summed E-state index contributed by atoms with van der Waals surface area (Å²) < 4.78 is 5.04. The second-order valence-corrected chi connectivity index (χ2v) is 6.59. The van der Waals surface area contributed by atoms with E-state index in [9.17, 15) is 14.4 Å². The van der Waals surface area contributed by atoms with E-state index in [1.165, 1.54) is 12.5 Å². The largest absolute Gasteiger partial charge is 0.456 e. The van der Waals surface area contributed by atoms with Gasteiger partial charge in [-0.15, -0.1) is 0 Å². The predicted octanol–water partition coefficient (Wildman–Crippen LogP) is 2.54. The normalized spacial score (nSPS) is 15.0. The Labute approximate surface area is 160 Å². The van der Waals surface area contributed by atoms with Gasteiger partial charge in [0.05, 0.1) is 6.42 Å². The number of hydrogen-bond acceptors (Lipinski definition) is 4. The molecule has 2 amide bonds. The molecule has 1 fully saturated rings. The van der Waals surface area contributed by atoms with E-state index in [1.807, 2.05) is 30.3 Å². The molecule has 0 aromatic heterocycles. The van der Waals surface area contributed by atoms with E-state index in [0.29, 0.717) is 0 Å². The third-order valence-electron chi connectivity index (χ3n) is 4.42. The smallest absolute Gasteiger partial charge is 0.308 e. The first-order valence-electron chi connectivity index (χ1n) is 9.59. The minimum absolute atomic E-state index is 0.0399. The van der Waals surface area contributed by atoms with Crippen molar-refractivity contribution in [1.82, 2.24) is 10.2 Å². The Morgan fingerprint density at radius 3 is 2.37 bits per heavy atom. The standard InChI is InChI=1S/C21H28N2O4/c24-19(12-11-18-9-5-4-6-10-18)22-14-13-21(26)27-17-20(25)23-15-7-2-1-3-8-16-23/h4-6,9-12H,1-3,7-8,13-17H2,(H,22,24)/b12-11+. The van der Waals surface area contributed by atoms with E-state index in [4.69, 9.17) is 4.74 Å². The molecule has 27 heavy (non-hydrogen) atoms. The summed E-state index contributed by atoms with van der Waals surface area (Å²) in [7, 11) is 0. The Morgan fingerprint density at radius 2 is 1.67 bits per heavy atom. The molecule has 1 aliphatic heterocycles. The number of ether oxygens (including phenoxy) is 1. The lowest BCUT2D eigenvalue weighted by Crippen LogP contribution is -2.37. The van der Waals surface area contributed by atoms with Crippen LogP contribution in [-0.4, -0.2) is 48.9 Å². The fraction of sp³-hybridized carbons (Fsp3) is 0.476. The number of rotatable bonds is 7.